The predicted molar refractivity (Wildman–Crippen MR) is 78.6 cm³/mol. The summed E-state index contributed by atoms with van der Waals surface area (Å²) in [6.07, 6.45) is 3.52. The topological polar surface area (TPSA) is 62.2 Å². The van der Waals surface area contributed by atoms with E-state index in [9.17, 15) is 10.0 Å². The second kappa shape index (κ2) is 7.52. The van der Waals surface area contributed by atoms with E-state index in [1.165, 1.54) is 25.9 Å². The lowest BCUT2D eigenvalue weighted by atomic mass is 9.79. The Balaban J connectivity index is 1.84. The Hall–Kier alpha value is -1.24. The van der Waals surface area contributed by atoms with E-state index in [2.05, 4.69) is 4.90 Å². The number of methoxy groups -OCH3 is 1. The van der Waals surface area contributed by atoms with Crippen LogP contribution in [0.2, 0.25) is 0 Å². The second-order valence-corrected chi connectivity index (χ2v) is 5.03. The molecule has 0 unspecified atom stereocenters. The zero-order valence-electron chi connectivity index (χ0n) is 11.9. The maximum atomic E-state index is 9.37. The third kappa shape index (κ3) is 4.13. The first-order chi connectivity index (χ1) is 9.70. The summed E-state index contributed by atoms with van der Waals surface area (Å²) in [5.41, 5.74) is 0.338. The molecule has 1 aliphatic rings. The number of nitrogens with zero attached hydrogens (tertiary/aromatic N) is 1. The number of ether oxygens (including phenoxy) is 2. The molecule has 0 amide bonds. The van der Waals surface area contributed by atoms with Gasteiger partial charge in [-0.15, -0.1) is 0 Å². The van der Waals surface area contributed by atoms with E-state index in [0.717, 1.165) is 13.0 Å². The molecule has 0 atom stereocenters. The van der Waals surface area contributed by atoms with Crippen molar-refractivity contribution in [2.24, 2.45) is 0 Å². The first-order valence-corrected chi connectivity index (χ1v) is 7.10. The predicted octanol–water partition coefficient (Wildman–Crippen LogP) is 0.240. The average Bonchev–Trinajstić information content (AvgIpc) is 2.96. The molecule has 0 spiro atoms. The van der Waals surface area contributed by atoms with Crippen molar-refractivity contribution in [3.63, 3.8) is 0 Å². The molecular weight excluding hydrogens is 257 g/mol. The molecule has 110 valence electrons. The quantitative estimate of drug-likeness (QED) is 0.553. The maximum absolute atomic E-state index is 9.37. The molecule has 0 bridgehead atoms. The van der Waals surface area contributed by atoms with Crippen molar-refractivity contribution < 1.29 is 19.5 Å². The first kappa shape index (κ1) is 15.2. The van der Waals surface area contributed by atoms with Gasteiger partial charge in [-0.2, -0.15) is 0 Å². The fourth-order valence-corrected chi connectivity index (χ4v) is 2.46. The van der Waals surface area contributed by atoms with Crippen molar-refractivity contribution in [3.05, 3.63) is 18.2 Å². The fraction of sp³-hybridized carbons (Fsp3) is 0.571. The van der Waals surface area contributed by atoms with Crippen LogP contribution in [0, 0.1) is 0 Å². The highest BCUT2D eigenvalue weighted by Crippen LogP contribution is 2.16. The van der Waals surface area contributed by atoms with Crippen LogP contribution in [0.1, 0.15) is 19.3 Å². The fourth-order valence-electron chi connectivity index (χ4n) is 2.46. The number of rotatable bonds is 7. The Morgan fingerprint density at radius 2 is 2.00 bits per heavy atom. The van der Waals surface area contributed by atoms with Gasteiger partial charge in [-0.1, -0.05) is 0 Å². The lowest BCUT2D eigenvalue weighted by Gasteiger charge is -2.16. The molecule has 0 radical (unpaired) electrons. The molecule has 0 aliphatic carbocycles. The van der Waals surface area contributed by atoms with Crippen LogP contribution in [-0.4, -0.2) is 55.4 Å². The van der Waals surface area contributed by atoms with Crippen molar-refractivity contribution in [2.45, 2.75) is 19.3 Å². The van der Waals surface area contributed by atoms with Gasteiger partial charge in [0, 0.05) is 12.0 Å². The van der Waals surface area contributed by atoms with Gasteiger partial charge in [0.2, 0.25) is 0 Å². The Morgan fingerprint density at radius 3 is 2.65 bits per heavy atom. The standard InChI is InChI=1S/C14H22BNO4/c1-19-12-5-6-14(13(11-12)15(17)18)20-10-4-9-16-7-2-3-8-16/h5-6,11,17-18H,2-4,7-10H2,1H3. The van der Waals surface area contributed by atoms with Gasteiger partial charge < -0.3 is 24.4 Å². The summed E-state index contributed by atoms with van der Waals surface area (Å²) in [6.45, 7) is 3.97. The molecule has 1 saturated heterocycles. The third-order valence-electron chi connectivity index (χ3n) is 3.57. The highest BCUT2D eigenvalue weighted by molar-refractivity contribution is 6.59. The largest absolute Gasteiger partial charge is 0.497 e. The van der Waals surface area contributed by atoms with E-state index in [-0.39, 0.29) is 0 Å². The summed E-state index contributed by atoms with van der Waals surface area (Å²) in [5, 5.41) is 18.7. The monoisotopic (exact) mass is 279 g/mol. The summed E-state index contributed by atoms with van der Waals surface area (Å²) in [4.78, 5) is 2.43. The number of hydrogen-bond donors (Lipinski definition) is 2. The molecule has 1 fully saturated rings. The normalized spacial score (nSPS) is 15.3. The van der Waals surface area contributed by atoms with Gasteiger partial charge in [-0.05, 0) is 50.6 Å². The molecule has 2 rings (SSSR count). The summed E-state index contributed by atoms with van der Waals surface area (Å²) >= 11 is 0. The molecule has 6 heteroatoms. The van der Waals surface area contributed by atoms with Crippen molar-refractivity contribution in [1.29, 1.82) is 0 Å². The SMILES string of the molecule is COc1ccc(OCCCN2CCCC2)c(B(O)O)c1. The average molecular weight is 279 g/mol. The lowest BCUT2D eigenvalue weighted by Crippen LogP contribution is -2.32. The number of likely N-dealkylation sites (tertiary alicyclic amines) is 1. The molecule has 1 heterocycles. The third-order valence-corrected chi connectivity index (χ3v) is 3.57. The van der Waals surface area contributed by atoms with Crippen LogP contribution < -0.4 is 14.9 Å². The first-order valence-electron chi connectivity index (χ1n) is 7.10. The Labute approximate surface area is 120 Å². The molecule has 1 aliphatic heterocycles. The van der Waals surface area contributed by atoms with Gasteiger partial charge in [0.05, 0.1) is 13.7 Å². The van der Waals surface area contributed by atoms with Gasteiger partial charge in [0.1, 0.15) is 11.5 Å². The lowest BCUT2D eigenvalue weighted by molar-refractivity contribution is 0.263. The van der Waals surface area contributed by atoms with Gasteiger partial charge in [-0.3, -0.25) is 0 Å². The zero-order valence-corrected chi connectivity index (χ0v) is 11.9. The van der Waals surface area contributed by atoms with Crippen LogP contribution in [0.3, 0.4) is 0 Å². The Bertz CT molecular complexity index is 422. The summed E-state index contributed by atoms with van der Waals surface area (Å²) in [6, 6.07) is 5.05. The molecule has 1 aromatic carbocycles. The van der Waals surface area contributed by atoms with Crippen LogP contribution >= 0.6 is 0 Å². The molecule has 0 saturated carbocycles. The van der Waals surface area contributed by atoms with E-state index < -0.39 is 7.12 Å². The highest BCUT2D eigenvalue weighted by Gasteiger charge is 2.18. The van der Waals surface area contributed by atoms with Gasteiger partial charge >= 0.3 is 7.12 Å². The molecule has 5 nitrogen and oxygen atoms in total. The summed E-state index contributed by atoms with van der Waals surface area (Å²) in [5.74, 6) is 1.08. The van der Waals surface area contributed by atoms with Crippen LogP contribution in [0.5, 0.6) is 11.5 Å². The zero-order chi connectivity index (χ0) is 14.4. The minimum absolute atomic E-state index is 0.338. The van der Waals surface area contributed by atoms with E-state index in [4.69, 9.17) is 9.47 Å². The molecule has 1 aromatic rings. The van der Waals surface area contributed by atoms with Crippen LogP contribution in [0.4, 0.5) is 0 Å². The molecule has 2 N–H and O–H groups in total. The van der Waals surface area contributed by atoms with Gasteiger partial charge in [0.15, 0.2) is 0 Å². The summed E-state index contributed by atoms with van der Waals surface area (Å²) < 4.78 is 10.7. The van der Waals surface area contributed by atoms with Crippen molar-refractivity contribution in [1.82, 2.24) is 4.90 Å². The number of benzene rings is 1. The van der Waals surface area contributed by atoms with Crippen LogP contribution in [0.15, 0.2) is 18.2 Å². The van der Waals surface area contributed by atoms with Crippen LogP contribution in [0.25, 0.3) is 0 Å². The van der Waals surface area contributed by atoms with E-state index in [0.29, 0.717) is 23.6 Å². The smallest absolute Gasteiger partial charge is 0.492 e. The maximum Gasteiger partial charge on any atom is 0.492 e. The van der Waals surface area contributed by atoms with Crippen LogP contribution in [-0.2, 0) is 0 Å². The van der Waals surface area contributed by atoms with E-state index >= 15 is 0 Å². The van der Waals surface area contributed by atoms with E-state index in [1.807, 2.05) is 0 Å². The van der Waals surface area contributed by atoms with Gasteiger partial charge in [0.25, 0.3) is 0 Å². The minimum atomic E-state index is -1.56. The second-order valence-electron chi connectivity index (χ2n) is 5.03. The van der Waals surface area contributed by atoms with Gasteiger partial charge in [-0.25, -0.2) is 0 Å². The highest BCUT2D eigenvalue weighted by atomic mass is 16.5. The van der Waals surface area contributed by atoms with Crippen molar-refractivity contribution in [2.75, 3.05) is 33.4 Å². The van der Waals surface area contributed by atoms with Crippen molar-refractivity contribution in [3.8, 4) is 11.5 Å². The van der Waals surface area contributed by atoms with E-state index in [1.54, 1.807) is 25.3 Å². The Kier molecular flexibility index (Phi) is 5.70. The Morgan fingerprint density at radius 1 is 1.25 bits per heavy atom. The minimum Gasteiger partial charge on any atom is -0.497 e. The molecular formula is C14H22BNO4. The molecule has 20 heavy (non-hydrogen) atoms. The summed E-state index contributed by atoms with van der Waals surface area (Å²) in [7, 11) is -0.0157. The molecule has 0 aromatic heterocycles. The number of hydrogen-bond acceptors (Lipinski definition) is 5. The van der Waals surface area contributed by atoms with Crippen molar-refractivity contribution >= 4 is 12.6 Å².